The van der Waals surface area contributed by atoms with Crippen LogP contribution in [0.15, 0.2) is 29.3 Å². The monoisotopic (exact) mass is 304 g/mol. The second-order valence-corrected chi connectivity index (χ2v) is 5.34. The number of carbonyl (C=O) groups is 2. The lowest BCUT2D eigenvalue weighted by atomic mass is 9.96. The van der Waals surface area contributed by atoms with Crippen molar-refractivity contribution >= 4 is 18.1 Å². The van der Waals surface area contributed by atoms with E-state index in [2.05, 4.69) is 10.3 Å². The van der Waals surface area contributed by atoms with E-state index in [1.54, 1.807) is 25.4 Å². The minimum atomic E-state index is -1.01. The number of carboxylic acid groups (broad SMARTS) is 1. The summed E-state index contributed by atoms with van der Waals surface area (Å²) in [5.74, 6) is -1.54. The third kappa shape index (κ3) is 5.31. The highest BCUT2D eigenvalue weighted by atomic mass is 16.4. The fourth-order valence-electron chi connectivity index (χ4n) is 2.20. The highest BCUT2D eigenvalue weighted by molar-refractivity contribution is 5.96. The number of hydrogen-bond donors (Lipinski definition) is 2. The summed E-state index contributed by atoms with van der Waals surface area (Å²) in [7, 11) is 1.68. The number of amides is 1. The van der Waals surface area contributed by atoms with Crippen molar-refractivity contribution in [1.82, 2.24) is 5.32 Å². The van der Waals surface area contributed by atoms with E-state index in [-0.39, 0.29) is 11.8 Å². The first-order valence-electron chi connectivity index (χ1n) is 7.52. The van der Waals surface area contributed by atoms with Gasteiger partial charge < -0.3 is 15.4 Å². The smallest absolute Gasteiger partial charge is 0.326 e. The van der Waals surface area contributed by atoms with Gasteiger partial charge in [0.05, 0.1) is 0 Å². The van der Waals surface area contributed by atoms with Crippen molar-refractivity contribution in [3.8, 4) is 0 Å². The van der Waals surface area contributed by atoms with Crippen LogP contribution in [0, 0.1) is 5.92 Å². The molecular formula is C17H24N2O3. The summed E-state index contributed by atoms with van der Waals surface area (Å²) in [5.41, 5.74) is 1.62. The lowest BCUT2D eigenvalue weighted by Crippen LogP contribution is -2.45. The largest absolute Gasteiger partial charge is 0.480 e. The minimum absolute atomic E-state index is 0.172. The van der Waals surface area contributed by atoms with E-state index in [0.29, 0.717) is 18.4 Å². The molecule has 0 bridgehead atoms. The SMILES string of the molecule is CCc1ccc(C(=O)NC(C(=O)O)C(C)CCC=NC)cc1. The van der Waals surface area contributed by atoms with Crippen LogP contribution in [0.2, 0.25) is 0 Å². The predicted octanol–water partition coefficient (Wildman–Crippen LogP) is 2.55. The lowest BCUT2D eigenvalue weighted by Gasteiger charge is -2.21. The maximum absolute atomic E-state index is 12.2. The molecule has 0 aliphatic rings. The summed E-state index contributed by atoms with van der Waals surface area (Å²) in [4.78, 5) is 27.5. The first kappa shape index (κ1) is 17.9. The molecule has 0 fully saturated rings. The van der Waals surface area contributed by atoms with Crippen LogP contribution in [-0.4, -0.2) is 36.3 Å². The molecule has 120 valence electrons. The Morgan fingerprint density at radius 2 is 1.95 bits per heavy atom. The summed E-state index contributed by atoms with van der Waals surface area (Å²) < 4.78 is 0. The average Bonchev–Trinajstić information content (AvgIpc) is 2.52. The van der Waals surface area contributed by atoms with Crippen LogP contribution in [-0.2, 0) is 11.2 Å². The highest BCUT2D eigenvalue weighted by Gasteiger charge is 2.26. The first-order chi connectivity index (χ1) is 10.5. The molecule has 5 nitrogen and oxygen atoms in total. The zero-order chi connectivity index (χ0) is 16.5. The van der Waals surface area contributed by atoms with E-state index in [4.69, 9.17) is 0 Å². The van der Waals surface area contributed by atoms with Crippen molar-refractivity contribution < 1.29 is 14.7 Å². The molecule has 22 heavy (non-hydrogen) atoms. The minimum Gasteiger partial charge on any atom is -0.480 e. The van der Waals surface area contributed by atoms with Gasteiger partial charge >= 0.3 is 5.97 Å². The second-order valence-electron chi connectivity index (χ2n) is 5.34. The maximum Gasteiger partial charge on any atom is 0.326 e. The fraction of sp³-hybridized carbons (Fsp3) is 0.471. The molecule has 0 radical (unpaired) electrons. The summed E-state index contributed by atoms with van der Waals surface area (Å²) in [6.45, 7) is 3.86. The van der Waals surface area contributed by atoms with Crippen LogP contribution in [0.1, 0.15) is 42.6 Å². The molecule has 0 aromatic heterocycles. The van der Waals surface area contributed by atoms with Gasteiger partial charge in [-0.1, -0.05) is 26.0 Å². The van der Waals surface area contributed by atoms with Crippen molar-refractivity contribution in [3.05, 3.63) is 35.4 Å². The van der Waals surface area contributed by atoms with Gasteiger partial charge in [0, 0.05) is 12.6 Å². The fourth-order valence-corrected chi connectivity index (χ4v) is 2.20. The molecule has 1 aromatic carbocycles. The Labute approximate surface area is 131 Å². The molecule has 0 heterocycles. The Bertz CT molecular complexity index is 523. The van der Waals surface area contributed by atoms with Gasteiger partial charge in [0.2, 0.25) is 0 Å². The lowest BCUT2D eigenvalue weighted by molar-refractivity contribution is -0.140. The van der Waals surface area contributed by atoms with Crippen LogP contribution in [0.4, 0.5) is 0 Å². The Balaban J connectivity index is 2.72. The standard InChI is InChI=1S/C17H24N2O3/c1-4-13-7-9-14(10-8-13)16(20)19-15(17(21)22)12(2)6-5-11-18-3/h7-12,15H,4-6H2,1-3H3,(H,19,20)(H,21,22). The highest BCUT2D eigenvalue weighted by Crippen LogP contribution is 2.12. The van der Waals surface area contributed by atoms with Crippen molar-refractivity contribution in [3.63, 3.8) is 0 Å². The Morgan fingerprint density at radius 3 is 2.45 bits per heavy atom. The molecule has 2 N–H and O–H groups in total. The molecule has 1 aromatic rings. The van der Waals surface area contributed by atoms with Crippen molar-refractivity contribution in [2.24, 2.45) is 10.9 Å². The molecule has 1 amide bonds. The number of aliphatic carboxylic acids is 1. The predicted molar refractivity (Wildman–Crippen MR) is 87.5 cm³/mol. The van der Waals surface area contributed by atoms with Crippen LogP contribution in [0.25, 0.3) is 0 Å². The molecule has 0 saturated carbocycles. The van der Waals surface area contributed by atoms with E-state index < -0.39 is 12.0 Å². The summed E-state index contributed by atoms with van der Waals surface area (Å²) in [6.07, 6.45) is 4.00. The van der Waals surface area contributed by atoms with Gasteiger partial charge in [0.15, 0.2) is 0 Å². The van der Waals surface area contributed by atoms with E-state index in [1.807, 2.05) is 26.0 Å². The van der Waals surface area contributed by atoms with E-state index in [9.17, 15) is 14.7 Å². The van der Waals surface area contributed by atoms with Gasteiger partial charge in [0.1, 0.15) is 6.04 Å². The molecule has 0 saturated heterocycles. The number of hydrogen-bond acceptors (Lipinski definition) is 3. The number of nitrogens with one attached hydrogen (secondary N) is 1. The van der Waals surface area contributed by atoms with Gasteiger partial charge in [-0.2, -0.15) is 0 Å². The number of aryl methyl sites for hydroxylation is 1. The molecule has 0 aliphatic heterocycles. The van der Waals surface area contributed by atoms with Crippen molar-refractivity contribution in [2.75, 3.05) is 7.05 Å². The van der Waals surface area contributed by atoms with Crippen LogP contribution in [0.3, 0.4) is 0 Å². The number of carbonyl (C=O) groups excluding carboxylic acids is 1. The molecule has 1 rings (SSSR count). The average molecular weight is 304 g/mol. The number of carboxylic acids is 1. The van der Waals surface area contributed by atoms with Gasteiger partial charge in [-0.3, -0.25) is 4.79 Å². The Morgan fingerprint density at radius 1 is 1.32 bits per heavy atom. The van der Waals surface area contributed by atoms with Gasteiger partial charge in [-0.05, 0) is 49.1 Å². The van der Waals surface area contributed by atoms with Crippen LogP contribution < -0.4 is 5.32 Å². The van der Waals surface area contributed by atoms with Crippen molar-refractivity contribution in [2.45, 2.75) is 39.2 Å². The van der Waals surface area contributed by atoms with E-state index in [0.717, 1.165) is 12.0 Å². The zero-order valence-electron chi connectivity index (χ0n) is 13.4. The normalized spacial score (nSPS) is 13.8. The Hall–Kier alpha value is -2.17. The molecule has 2 atom stereocenters. The second kappa shape index (κ2) is 8.97. The van der Waals surface area contributed by atoms with Crippen molar-refractivity contribution in [1.29, 1.82) is 0 Å². The number of rotatable bonds is 8. The number of aliphatic imine (C=N–C) groups is 1. The quantitative estimate of drug-likeness (QED) is 0.724. The van der Waals surface area contributed by atoms with E-state index in [1.165, 1.54) is 0 Å². The van der Waals surface area contributed by atoms with Gasteiger partial charge in [-0.15, -0.1) is 0 Å². The molecule has 0 spiro atoms. The molecule has 5 heteroatoms. The van der Waals surface area contributed by atoms with Gasteiger partial charge in [-0.25, -0.2) is 4.79 Å². The van der Waals surface area contributed by atoms with Crippen LogP contribution in [0.5, 0.6) is 0 Å². The Kier molecular flexibility index (Phi) is 7.29. The third-order valence-corrected chi connectivity index (χ3v) is 3.68. The van der Waals surface area contributed by atoms with E-state index >= 15 is 0 Å². The number of benzene rings is 1. The first-order valence-corrected chi connectivity index (χ1v) is 7.52. The molecule has 2 unspecified atom stereocenters. The summed E-state index contributed by atoms with van der Waals surface area (Å²) >= 11 is 0. The number of nitrogens with zero attached hydrogens (tertiary/aromatic N) is 1. The topological polar surface area (TPSA) is 78.8 Å². The molecular weight excluding hydrogens is 280 g/mol. The zero-order valence-corrected chi connectivity index (χ0v) is 13.4. The van der Waals surface area contributed by atoms with Gasteiger partial charge in [0.25, 0.3) is 5.91 Å². The third-order valence-electron chi connectivity index (χ3n) is 3.68. The molecule has 0 aliphatic carbocycles. The maximum atomic E-state index is 12.2. The summed E-state index contributed by atoms with van der Waals surface area (Å²) in [5, 5.41) is 11.9. The summed E-state index contributed by atoms with van der Waals surface area (Å²) in [6, 6.07) is 6.31. The van der Waals surface area contributed by atoms with Crippen LogP contribution >= 0.6 is 0 Å².